The molecule has 2 aromatic carbocycles. The van der Waals surface area contributed by atoms with Crippen molar-refractivity contribution in [1.29, 1.82) is 0 Å². The van der Waals surface area contributed by atoms with Crippen LogP contribution < -0.4 is 10.2 Å². The molecule has 170 valence electrons. The molecule has 1 aliphatic carbocycles. The maximum atomic E-state index is 13.6. The van der Waals surface area contributed by atoms with Crippen molar-refractivity contribution >= 4 is 28.6 Å². The minimum atomic E-state index is -0.560. The Morgan fingerprint density at radius 2 is 1.94 bits per heavy atom. The van der Waals surface area contributed by atoms with Gasteiger partial charge in [0.2, 0.25) is 5.82 Å². The molecule has 0 saturated carbocycles. The van der Waals surface area contributed by atoms with Crippen LogP contribution in [0.25, 0.3) is 16.3 Å². The van der Waals surface area contributed by atoms with Crippen LogP contribution in [-0.4, -0.2) is 16.2 Å². The van der Waals surface area contributed by atoms with Gasteiger partial charge in [-0.25, -0.2) is 9.18 Å². The fourth-order valence-electron chi connectivity index (χ4n) is 4.77. The zero-order valence-electron chi connectivity index (χ0n) is 18.4. The summed E-state index contributed by atoms with van der Waals surface area (Å²) in [6, 6.07) is 15.3. The Hall–Kier alpha value is -3.78. The van der Waals surface area contributed by atoms with Crippen LogP contribution in [0.15, 0.2) is 70.2 Å². The highest BCUT2D eigenvalue weighted by Gasteiger charge is 2.36. The lowest BCUT2D eigenvalue weighted by Gasteiger charge is -2.35. The second-order valence-corrected chi connectivity index (χ2v) is 9.42. The van der Waals surface area contributed by atoms with Crippen LogP contribution in [0.5, 0.6) is 0 Å². The number of rotatable bonds is 4. The number of halogens is 1. The number of hydrogen-bond acceptors (Lipinski definition) is 5. The molecule has 6 rings (SSSR count). The van der Waals surface area contributed by atoms with E-state index in [4.69, 9.17) is 4.52 Å². The monoisotopic (exact) mass is 472 g/mol. The van der Waals surface area contributed by atoms with Gasteiger partial charge in [-0.3, -0.25) is 4.90 Å². The number of carbonyl (C=O) groups excluding carboxylic acids is 1. The Labute approximate surface area is 199 Å². The van der Waals surface area contributed by atoms with Gasteiger partial charge < -0.3 is 9.84 Å². The molecule has 1 atom stereocenters. The van der Waals surface area contributed by atoms with Gasteiger partial charge in [0.1, 0.15) is 5.82 Å². The van der Waals surface area contributed by atoms with Gasteiger partial charge in [-0.05, 0) is 78.6 Å². The molecule has 2 aromatic heterocycles. The van der Waals surface area contributed by atoms with Gasteiger partial charge in [0, 0.05) is 5.70 Å². The number of allylic oxidation sites excluding steroid dienone is 1. The van der Waals surface area contributed by atoms with Crippen molar-refractivity contribution in [1.82, 2.24) is 15.5 Å². The number of anilines is 1. The maximum Gasteiger partial charge on any atom is 0.326 e. The lowest BCUT2D eigenvalue weighted by Crippen LogP contribution is -2.46. The highest BCUT2D eigenvalue weighted by atomic mass is 32.1. The van der Waals surface area contributed by atoms with Gasteiger partial charge in [-0.2, -0.15) is 4.98 Å². The first kappa shape index (κ1) is 20.8. The largest absolute Gasteiger partial charge is 0.334 e. The Kier molecular flexibility index (Phi) is 5.03. The van der Waals surface area contributed by atoms with Crippen molar-refractivity contribution < 1.29 is 13.7 Å². The number of benzene rings is 2. The number of urea groups is 1. The first-order valence-corrected chi connectivity index (χ1v) is 12.0. The number of aromatic nitrogens is 2. The minimum Gasteiger partial charge on any atom is -0.334 e. The van der Waals surface area contributed by atoms with E-state index in [1.54, 1.807) is 17.0 Å². The molecule has 0 fully saturated rings. The first-order valence-electron chi connectivity index (χ1n) is 11.1. The summed E-state index contributed by atoms with van der Waals surface area (Å²) in [5.74, 6) is 0.469. The summed E-state index contributed by atoms with van der Waals surface area (Å²) in [6.45, 7) is 1.88. The van der Waals surface area contributed by atoms with E-state index in [0.717, 1.165) is 35.4 Å². The van der Waals surface area contributed by atoms with Crippen LogP contribution in [0.4, 0.5) is 14.9 Å². The van der Waals surface area contributed by atoms with Crippen LogP contribution in [-0.2, 0) is 12.8 Å². The summed E-state index contributed by atoms with van der Waals surface area (Å²) in [4.78, 5) is 20.6. The third-order valence-electron chi connectivity index (χ3n) is 6.43. The molecule has 4 aromatic rings. The van der Waals surface area contributed by atoms with Crippen molar-refractivity contribution in [2.45, 2.75) is 32.2 Å². The maximum absolute atomic E-state index is 13.6. The van der Waals surface area contributed by atoms with E-state index < -0.39 is 6.04 Å². The Morgan fingerprint density at radius 3 is 2.74 bits per heavy atom. The van der Waals surface area contributed by atoms with Crippen LogP contribution in [0, 0.1) is 5.82 Å². The van der Waals surface area contributed by atoms with Crippen LogP contribution in [0.2, 0.25) is 0 Å². The molecule has 0 radical (unpaired) electrons. The number of carbonyl (C=O) groups is 1. The van der Waals surface area contributed by atoms with Crippen molar-refractivity contribution in [3.63, 3.8) is 0 Å². The molecule has 0 spiro atoms. The average molecular weight is 473 g/mol. The average Bonchev–Trinajstić information content (AvgIpc) is 3.60. The summed E-state index contributed by atoms with van der Waals surface area (Å²) >= 11 is 1.52. The van der Waals surface area contributed by atoms with E-state index in [-0.39, 0.29) is 11.8 Å². The highest BCUT2D eigenvalue weighted by molar-refractivity contribution is 7.13. The molecule has 3 heterocycles. The number of thiophene rings is 1. The van der Waals surface area contributed by atoms with Crippen LogP contribution in [0.3, 0.4) is 0 Å². The predicted molar refractivity (Wildman–Crippen MR) is 129 cm³/mol. The van der Waals surface area contributed by atoms with Gasteiger partial charge >= 0.3 is 6.03 Å². The van der Waals surface area contributed by atoms with Crippen LogP contribution >= 0.6 is 11.3 Å². The van der Waals surface area contributed by atoms with Gasteiger partial charge in [0.05, 0.1) is 22.2 Å². The fourth-order valence-corrected chi connectivity index (χ4v) is 5.42. The van der Waals surface area contributed by atoms with Gasteiger partial charge in [0.25, 0.3) is 5.89 Å². The molecule has 1 N–H and O–H groups in total. The number of nitrogens with zero attached hydrogens (tertiary/aromatic N) is 3. The topological polar surface area (TPSA) is 71.3 Å². The van der Waals surface area contributed by atoms with E-state index in [0.29, 0.717) is 23.0 Å². The number of hydrogen-bond donors (Lipinski definition) is 1. The van der Waals surface area contributed by atoms with Gasteiger partial charge in [0.15, 0.2) is 0 Å². The fraction of sp³-hybridized carbons (Fsp3) is 0.192. The molecule has 1 aliphatic heterocycles. The number of fused-ring (bicyclic) bond motifs is 1. The minimum absolute atomic E-state index is 0.258. The van der Waals surface area contributed by atoms with Crippen molar-refractivity contribution in [2.24, 2.45) is 0 Å². The van der Waals surface area contributed by atoms with Gasteiger partial charge in [-0.1, -0.05) is 29.4 Å². The third-order valence-corrected chi connectivity index (χ3v) is 7.29. The second-order valence-electron chi connectivity index (χ2n) is 8.48. The van der Waals surface area contributed by atoms with Crippen molar-refractivity contribution in [2.75, 3.05) is 4.90 Å². The van der Waals surface area contributed by atoms with Crippen molar-refractivity contribution in [3.05, 3.63) is 94.1 Å². The highest BCUT2D eigenvalue weighted by Crippen LogP contribution is 2.40. The predicted octanol–water partition coefficient (Wildman–Crippen LogP) is 6.13. The molecule has 34 heavy (non-hydrogen) atoms. The molecular weight excluding hydrogens is 451 g/mol. The van der Waals surface area contributed by atoms with Crippen molar-refractivity contribution in [3.8, 4) is 10.7 Å². The Balaban J connectivity index is 1.49. The number of amides is 2. The van der Waals surface area contributed by atoms with E-state index in [1.807, 2.05) is 30.5 Å². The summed E-state index contributed by atoms with van der Waals surface area (Å²) in [5, 5.41) is 9.20. The molecule has 0 saturated heterocycles. The summed E-state index contributed by atoms with van der Waals surface area (Å²) < 4.78 is 19.3. The summed E-state index contributed by atoms with van der Waals surface area (Å²) in [5.41, 5.74) is 5.51. The van der Waals surface area contributed by atoms with Gasteiger partial charge in [-0.15, -0.1) is 11.3 Å². The molecule has 6 nitrogen and oxygen atoms in total. The number of aryl methyl sites for hydroxylation is 2. The van der Waals surface area contributed by atoms with E-state index in [9.17, 15) is 9.18 Å². The molecule has 0 bridgehead atoms. The normalized spacial score (nSPS) is 17.8. The Bertz CT molecular complexity index is 1410. The third kappa shape index (κ3) is 3.51. The zero-order valence-corrected chi connectivity index (χ0v) is 19.2. The standard InChI is InChI=1S/C26H21FN4O2S/c1-15-22(25-29-24(30-33-25)21-6-3-13-34-21)23(17-7-10-19(27)11-8-17)28-26(32)31(15)20-12-9-16-4-2-5-18(16)14-20/h3,6-14,23H,2,4-5H2,1H3,(H,28,32). The number of nitrogens with one attached hydrogen (secondary N) is 1. The lowest BCUT2D eigenvalue weighted by molar-refractivity contribution is 0.244. The zero-order chi connectivity index (χ0) is 23.2. The van der Waals surface area contributed by atoms with E-state index in [2.05, 4.69) is 27.6 Å². The quantitative estimate of drug-likeness (QED) is 0.388. The van der Waals surface area contributed by atoms with Crippen LogP contribution in [0.1, 0.15) is 42.0 Å². The summed E-state index contributed by atoms with van der Waals surface area (Å²) in [7, 11) is 0. The first-order chi connectivity index (χ1) is 16.6. The summed E-state index contributed by atoms with van der Waals surface area (Å²) in [6.07, 6.45) is 3.22. The molecule has 1 unspecified atom stereocenters. The SMILES string of the molecule is CC1=C(c2nc(-c3cccs3)no2)C(c2ccc(F)cc2)NC(=O)N1c1ccc2c(c1)CCC2. The lowest BCUT2D eigenvalue weighted by atomic mass is 9.94. The molecule has 2 aliphatic rings. The van der Waals surface area contributed by atoms with E-state index >= 15 is 0 Å². The Morgan fingerprint density at radius 1 is 1.12 bits per heavy atom. The smallest absolute Gasteiger partial charge is 0.326 e. The second kappa shape index (κ2) is 8.22. The van der Waals surface area contributed by atoms with E-state index in [1.165, 1.54) is 34.6 Å². The molecular formula is C26H21FN4O2S. The molecule has 2 amide bonds. The molecule has 8 heteroatoms.